The summed E-state index contributed by atoms with van der Waals surface area (Å²) in [6.45, 7) is 0. The van der Waals surface area contributed by atoms with Crippen LogP contribution in [0.1, 0.15) is 10.4 Å². The first kappa shape index (κ1) is 13.6. The average Bonchev–Trinajstić information content (AvgIpc) is 2.52. The summed E-state index contributed by atoms with van der Waals surface area (Å²) in [5.41, 5.74) is 0.424. The van der Waals surface area contributed by atoms with Gasteiger partial charge < -0.3 is 5.32 Å². The van der Waals surface area contributed by atoms with Crippen molar-refractivity contribution in [2.24, 2.45) is 0 Å². The Bertz CT molecular complexity index is 556. The first-order valence-electron chi connectivity index (χ1n) is 5.28. The van der Waals surface area contributed by atoms with Crippen LogP contribution >= 0.6 is 23.2 Å². The molecule has 1 heterocycles. The van der Waals surface area contributed by atoms with E-state index in [1.807, 2.05) is 0 Å². The van der Waals surface area contributed by atoms with Gasteiger partial charge in [-0.15, -0.1) is 11.6 Å². The van der Waals surface area contributed by atoms with Crippen molar-refractivity contribution in [1.29, 1.82) is 0 Å². The molecule has 4 nitrogen and oxygen atoms in total. The van der Waals surface area contributed by atoms with Gasteiger partial charge in [-0.05, 0) is 24.3 Å². The highest BCUT2D eigenvalue weighted by Crippen LogP contribution is 2.18. The number of carbonyl (C=O) groups excluding carboxylic acids is 1. The Morgan fingerprint density at radius 1 is 1.22 bits per heavy atom. The molecule has 18 heavy (non-hydrogen) atoms. The predicted octanol–water partition coefficient (Wildman–Crippen LogP) is 1.47. The molecule has 1 amide bonds. The molecule has 1 aromatic rings. The number of amides is 1. The predicted molar refractivity (Wildman–Crippen MR) is 71.0 cm³/mol. The topological polar surface area (TPSA) is 63.2 Å². The Labute approximate surface area is 115 Å². The van der Waals surface area contributed by atoms with E-state index in [0.29, 0.717) is 10.6 Å². The summed E-state index contributed by atoms with van der Waals surface area (Å²) in [5.74, 6) is -0.555. The van der Waals surface area contributed by atoms with Crippen LogP contribution < -0.4 is 5.32 Å². The van der Waals surface area contributed by atoms with E-state index in [-0.39, 0.29) is 17.4 Å². The lowest BCUT2D eigenvalue weighted by Gasteiger charge is -2.14. The largest absolute Gasteiger partial charge is 0.347 e. The Hall–Kier alpha value is -0.780. The molecule has 0 bridgehead atoms. The van der Waals surface area contributed by atoms with Crippen LogP contribution in [-0.4, -0.2) is 37.2 Å². The van der Waals surface area contributed by atoms with Gasteiger partial charge >= 0.3 is 0 Å². The smallest absolute Gasteiger partial charge is 0.251 e. The third-order valence-electron chi connectivity index (χ3n) is 2.71. The number of alkyl halides is 1. The molecule has 1 aliphatic heterocycles. The van der Waals surface area contributed by atoms with Crippen LogP contribution in [0.15, 0.2) is 24.3 Å². The van der Waals surface area contributed by atoms with Gasteiger partial charge in [0.2, 0.25) is 0 Å². The molecule has 1 aliphatic rings. The zero-order chi connectivity index (χ0) is 13.3. The number of rotatable bonds is 2. The van der Waals surface area contributed by atoms with Crippen LogP contribution in [0.4, 0.5) is 0 Å². The van der Waals surface area contributed by atoms with E-state index in [0.717, 1.165) is 0 Å². The first-order chi connectivity index (χ1) is 8.37. The Kier molecular flexibility index (Phi) is 3.84. The summed E-state index contributed by atoms with van der Waals surface area (Å²) in [6, 6.07) is 5.80. The van der Waals surface area contributed by atoms with E-state index in [1.165, 1.54) is 0 Å². The van der Waals surface area contributed by atoms with Crippen molar-refractivity contribution in [2.45, 2.75) is 11.4 Å². The number of hydrogen-bond acceptors (Lipinski definition) is 3. The van der Waals surface area contributed by atoms with Gasteiger partial charge in [-0.1, -0.05) is 11.6 Å². The van der Waals surface area contributed by atoms with Crippen molar-refractivity contribution >= 4 is 38.9 Å². The minimum absolute atomic E-state index is 0.0971. The number of nitrogens with one attached hydrogen (secondary N) is 1. The van der Waals surface area contributed by atoms with E-state index in [1.54, 1.807) is 24.3 Å². The standard InChI is InChI=1S/C11H11Cl2NO3S/c12-8-3-1-7(2-4-8)11(15)14-10-6-18(16,17)5-9(10)13/h1-4,9-10H,5-6H2,(H,14,15)/t9-,10+/m1/s1. The lowest BCUT2D eigenvalue weighted by molar-refractivity contribution is 0.0941. The van der Waals surface area contributed by atoms with E-state index in [2.05, 4.69) is 5.32 Å². The van der Waals surface area contributed by atoms with Gasteiger partial charge in [0.1, 0.15) is 0 Å². The van der Waals surface area contributed by atoms with Crippen LogP contribution in [0.25, 0.3) is 0 Å². The average molecular weight is 308 g/mol. The number of carbonyl (C=O) groups is 1. The molecule has 1 fully saturated rings. The molecule has 0 unspecified atom stereocenters. The fourth-order valence-corrected chi connectivity index (χ4v) is 4.47. The van der Waals surface area contributed by atoms with E-state index in [9.17, 15) is 13.2 Å². The van der Waals surface area contributed by atoms with Gasteiger partial charge in [0, 0.05) is 10.6 Å². The molecular formula is C11H11Cl2NO3S. The number of sulfone groups is 1. The molecule has 1 saturated heterocycles. The quantitative estimate of drug-likeness (QED) is 0.842. The van der Waals surface area contributed by atoms with Crippen LogP contribution in [0.5, 0.6) is 0 Å². The third-order valence-corrected chi connectivity index (χ3v) is 5.33. The first-order valence-corrected chi connectivity index (χ1v) is 7.92. The maximum atomic E-state index is 11.9. The Morgan fingerprint density at radius 2 is 1.83 bits per heavy atom. The minimum Gasteiger partial charge on any atom is -0.347 e. The van der Waals surface area contributed by atoms with Gasteiger partial charge in [0.15, 0.2) is 9.84 Å². The lowest BCUT2D eigenvalue weighted by atomic mass is 10.2. The van der Waals surface area contributed by atoms with Crippen molar-refractivity contribution in [2.75, 3.05) is 11.5 Å². The second-order valence-electron chi connectivity index (χ2n) is 4.18. The fourth-order valence-electron chi connectivity index (χ4n) is 1.79. The summed E-state index contributed by atoms with van der Waals surface area (Å²) in [6.07, 6.45) is 0. The molecule has 0 radical (unpaired) electrons. The highest BCUT2D eigenvalue weighted by atomic mass is 35.5. The molecule has 1 aromatic carbocycles. The summed E-state index contributed by atoms with van der Waals surface area (Å²) >= 11 is 11.6. The van der Waals surface area contributed by atoms with E-state index >= 15 is 0 Å². The number of hydrogen-bond donors (Lipinski definition) is 1. The third kappa shape index (κ3) is 3.16. The van der Waals surface area contributed by atoms with Gasteiger partial charge in [0.05, 0.1) is 22.9 Å². The monoisotopic (exact) mass is 307 g/mol. The SMILES string of the molecule is O=C(N[C@H]1CS(=O)(=O)C[C@H]1Cl)c1ccc(Cl)cc1. The zero-order valence-electron chi connectivity index (χ0n) is 9.27. The highest BCUT2D eigenvalue weighted by Gasteiger charge is 2.37. The van der Waals surface area contributed by atoms with E-state index in [4.69, 9.17) is 23.2 Å². The van der Waals surface area contributed by atoms with Crippen molar-refractivity contribution in [3.63, 3.8) is 0 Å². The molecule has 0 aliphatic carbocycles. The highest BCUT2D eigenvalue weighted by molar-refractivity contribution is 7.91. The Balaban J connectivity index is 2.06. The molecular weight excluding hydrogens is 297 g/mol. The van der Waals surface area contributed by atoms with Crippen molar-refractivity contribution in [3.05, 3.63) is 34.9 Å². The number of halogens is 2. The lowest BCUT2D eigenvalue weighted by Crippen LogP contribution is -2.40. The zero-order valence-corrected chi connectivity index (χ0v) is 11.6. The normalized spacial score (nSPS) is 25.9. The summed E-state index contributed by atoms with van der Waals surface area (Å²) in [4.78, 5) is 11.9. The van der Waals surface area contributed by atoms with Crippen LogP contribution in [0.2, 0.25) is 5.02 Å². The maximum absolute atomic E-state index is 11.9. The molecule has 2 atom stereocenters. The number of benzene rings is 1. The second-order valence-corrected chi connectivity index (χ2v) is 7.33. The van der Waals surface area contributed by atoms with Crippen LogP contribution in [0, 0.1) is 0 Å². The molecule has 0 aromatic heterocycles. The second kappa shape index (κ2) is 5.07. The Morgan fingerprint density at radius 3 is 2.33 bits per heavy atom. The van der Waals surface area contributed by atoms with Crippen LogP contribution in [-0.2, 0) is 9.84 Å². The molecule has 0 saturated carbocycles. The maximum Gasteiger partial charge on any atom is 0.251 e. The van der Waals surface area contributed by atoms with E-state index < -0.39 is 21.3 Å². The van der Waals surface area contributed by atoms with Crippen LogP contribution in [0.3, 0.4) is 0 Å². The van der Waals surface area contributed by atoms with Gasteiger partial charge in [-0.25, -0.2) is 8.42 Å². The fraction of sp³-hybridized carbons (Fsp3) is 0.364. The minimum atomic E-state index is -3.15. The van der Waals surface area contributed by atoms with Gasteiger partial charge in [0.25, 0.3) is 5.91 Å². The summed E-state index contributed by atoms with van der Waals surface area (Å²) < 4.78 is 22.7. The summed E-state index contributed by atoms with van der Waals surface area (Å²) in [5, 5.41) is 2.58. The molecule has 2 rings (SSSR count). The molecule has 0 spiro atoms. The molecule has 1 N–H and O–H groups in total. The van der Waals surface area contributed by atoms with Gasteiger partial charge in [-0.2, -0.15) is 0 Å². The summed E-state index contributed by atoms with van der Waals surface area (Å²) in [7, 11) is -3.15. The van der Waals surface area contributed by atoms with Crippen molar-refractivity contribution in [3.8, 4) is 0 Å². The van der Waals surface area contributed by atoms with Gasteiger partial charge in [-0.3, -0.25) is 4.79 Å². The van der Waals surface area contributed by atoms with Crippen molar-refractivity contribution in [1.82, 2.24) is 5.32 Å². The molecule has 98 valence electrons. The van der Waals surface area contributed by atoms with Crippen molar-refractivity contribution < 1.29 is 13.2 Å². The molecule has 7 heteroatoms.